The standard InChI is InChI=1S/C10H19NO3/c1-14-7-9(10(12)13)11-6-8-4-2-3-5-8/h8-9,11H,2-7H2,1H3,(H,12,13). The summed E-state index contributed by atoms with van der Waals surface area (Å²) in [5.41, 5.74) is 0. The van der Waals surface area contributed by atoms with E-state index in [1.165, 1.54) is 32.8 Å². The smallest absolute Gasteiger partial charge is 0.323 e. The lowest BCUT2D eigenvalue weighted by Crippen LogP contribution is -2.42. The molecular formula is C10H19NO3. The summed E-state index contributed by atoms with van der Waals surface area (Å²) in [6.07, 6.45) is 5.03. The monoisotopic (exact) mass is 201 g/mol. The van der Waals surface area contributed by atoms with E-state index < -0.39 is 12.0 Å². The number of carbonyl (C=O) groups is 1. The van der Waals surface area contributed by atoms with Crippen LogP contribution < -0.4 is 5.32 Å². The normalized spacial score (nSPS) is 19.8. The van der Waals surface area contributed by atoms with Gasteiger partial charge in [-0.25, -0.2) is 0 Å². The number of hydrogen-bond donors (Lipinski definition) is 2. The number of hydrogen-bond acceptors (Lipinski definition) is 3. The first kappa shape index (κ1) is 11.5. The average molecular weight is 201 g/mol. The van der Waals surface area contributed by atoms with E-state index in [2.05, 4.69) is 5.32 Å². The topological polar surface area (TPSA) is 58.6 Å². The van der Waals surface area contributed by atoms with Crippen molar-refractivity contribution in [3.63, 3.8) is 0 Å². The summed E-state index contributed by atoms with van der Waals surface area (Å²) in [6.45, 7) is 1.04. The molecule has 0 saturated heterocycles. The van der Waals surface area contributed by atoms with Gasteiger partial charge in [0.15, 0.2) is 0 Å². The van der Waals surface area contributed by atoms with Gasteiger partial charge in [-0.3, -0.25) is 4.79 Å². The maximum atomic E-state index is 10.8. The largest absolute Gasteiger partial charge is 0.480 e. The molecular weight excluding hydrogens is 182 g/mol. The van der Waals surface area contributed by atoms with E-state index in [1.807, 2.05) is 0 Å². The Morgan fingerprint density at radius 2 is 2.21 bits per heavy atom. The van der Waals surface area contributed by atoms with Crippen LogP contribution in [0.3, 0.4) is 0 Å². The first-order chi connectivity index (χ1) is 6.74. The van der Waals surface area contributed by atoms with Crippen LogP contribution in [-0.4, -0.2) is 37.4 Å². The lowest BCUT2D eigenvalue weighted by atomic mass is 10.1. The van der Waals surface area contributed by atoms with Gasteiger partial charge in [0.1, 0.15) is 6.04 Å². The van der Waals surface area contributed by atoms with Crippen LogP contribution >= 0.6 is 0 Å². The fourth-order valence-electron chi connectivity index (χ4n) is 1.91. The zero-order valence-corrected chi connectivity index (χ0v) is 8.66. The Bertz CT molecular complexity index is 178. The molecule has 82 valence electrons. The SMILES string of the molecule is COCC(NCC1CCCC1)C(=O)O. The van der Waals surface area contributed by atoms with Crippen LogP contribution in [0.5, 0.6) is 0 Å². The number of aliphatic carboxylic acids is 1. The molecule has 0 aromatic carbocycles. The highest BCUT2D eigenvalue weighted by Crippen LogP contribution is 2.23. The molecule has 1 fully saturated rings. The predicted octanol–water partition coefficient (Wildman–Crippen LogP) is 0.866. The number of carboxylic acid groups (broad SMARTS) is 1. The van der Waals surface area contributed by atoms with E-state index in [0.717, 1.165) is 6.54 Å². The van der Waals surface area contributed by atoms with Crippen molar-refractivity contribution in [3.05, 3.63) is 0 Å². The molecule has 14 heavy (non-hydrogen) atoms. The maximum absolute atomic E-state index is 10.8. The summed E-state index contributed by atoms with van der Waals surface area (Å²) in [6, 6.07) is -0.555. The minimum absolute atomic E-state index is 0.238. The van der Waals surface area contributed by atoms with E-state index >= 15 is 0 Å². The Balaban J connectivity index is 2.21. The molecule has 0 bridgehead atoms. The van der Waals surface area contributed by atoms with Gasteiger partial charge in [0.2, 0.25) is 0 Å². The number of methoxy groups -OCH3 is 1. The summed E-state index contributed by atoms with van der Waals surface area (Å²) in [5, 5.41) is 11.9. The molecule has 1 atom stereocenters. The Hall–Kier alpha value is -0.610. The molecule has 0 amide bonds. The van der Waals surface area contributed by atoms with Crippen LogP contribution in [0, 0.1) is 5.92 Å². The van der Waals surface area contributed by atoms with Gasteiger partial charge in [-0.15, -0.1) is 0 Å². The van der Waals surface area contributed by atoms with Gasteiger partial charge in [-0.05, 0) is 25.3 Å². The molecule has 0 spiro atoms. The fourth-order valence-corrected chi connectivity index (χ4v) is 1.91. The highest BCUT2D eigenvalue weighted by Gasteiger charge is 2.20. The van der Waals surface area contributed by atoms with Crippen LogP contribution in [0.2, 0.25) is 0 Å². The number of ether oxygens (including phenoxy) is 1. The molecule has 2 N–H and O–H groups in total. The molecule has 1 saturated carbocycles. The molecule has 0 radical (unpaired) electrons. The minimum Gasteiger partial charge on any atom is -0.480 e. The Labute approximate surface area is 84.6 Å². The van der Waals surface area contributed by atoms with E-state index in [9.17, 15) is 4.79 Å². The second-order valence-corrected chi connectivity index (χ2v) is 3.90. The van der Waals surface area contributed by atoms with Gasteiger partial charge >= 0.3 is 5.97 Å². The molecule has 0 aromatic heterocycles. The second-order valence-electron chi connectivity index (χ2n) is 3.90. The number of rotatable bonds is 6. The quantitative estimate of drug-likeness (QED) is 0.669. The number of carboxylic acids is 1. The first-order valence-electron chi connectivity index (χ1n) is 5.19. The van der Waals surface area contributed by atoms with E-state index in [0.29, 0.717) is 5.92 Å². The van der Waals surface area contributed by atoms with Gasteiger partial charge in [-0.2, -0.15) is 0 Å². The highest BCUT2D eigenvalue weighted by molar-refractivity contribution is 5.73. The van der Waals surface area contributed by atoms with Gasteiger partial charge in [0.05, 0.1) is 6.61 Å². The van der Waals surface area contributed by atoms with Crippen LogP contribution in [0.25, 0.3) is 0 Å². The molecule has 4 nitrogen and oxygen atoms in total. The lowest BCUT2D eigenvalue weighted by molar-refractivity contribution is -0.140. The van der Waals surface area contributed by atoms with Crippen LogP contribution in [-0.2, 0) is 9.53 Å². The Morgan fingerprint density at radius 3 is 2.71 bits per heavy atom. The zero-order chi connectivity index (χ0) is 10.4. The molecule has 0 aromatic rings. The maximum Gasteiger partial charge on any atom is 0.323 e. The summed E-state index contributed by atoms with van der Waals surface area (Å²) >= 11 is 0. The fraction of sp³-hybridized carbons (Fsp3) is 0.900. The third-order valence-electron chi connectivity index (χ3n) is 2.76. The Kier molecular flexibility index (Phi) is 4.90. The summed E-state index contributed by atoms with van der Waals surface area (Å²) in [5.74, 6) is -0.168. The molecule has 1 unspecified atom stereocenters. The highest BCUT2D eigenvalue weighted by atomic mass is 16.5. The van der Waals surface area contributed by atoms with Crippen molar-refractivity contribution in [1.29, 1.82) is 0 Å². The average Bonchev–Trinajstić information content (AvgIpc) is 2.64. The van der Waals surface area contributed by atoms with Crippen molar-refractivity contribution < 1.29 is 14.6 Å². The molecule has 1 aliphatic rings. The summed E-state index contributed by atoms with van der Waals surface area (Å²) in [4.78, 5) is 10.8. The van der Waals surface area contributed by atoms with Crippen LogP contribution in [0.15, 0.2) is 0 Å². The third kappa shape index (κ3) is 3.64. The molecule has 4 heteroatoms. The molecule has 0 heterocycles. The van der Waals surface area contributed by atoms with Gasteiger partial charge < -0.3 is 15.2 Å². The zero-order valence-electron chi connectivity index (χ0n) is 8.66. The van der Waals surface area contributed by atoms with Crippen molar-refractivity contribution in [3.8, 4) is 0 Å². The first-order valence-corrected chi connectivity index (χ1v) is 5.19. The van der Waals surface area contributed by atoms with Crippen molar-refractivity contribution >= 4 is 5.97 Å². The van der Waals surface area contributed by atoms with Crippen molar-refractivity contribution in [2.45, 2.75) is 31.7 Å². The molecule has 0 aliphatic heterocycles. The van der Waals surface area contributed by atoms with E-state index in [4.69, 9.17) is 9.84 Å². The van der Waals surface area contributed by atoms with Crippen molar-refractivity contribution in [2.75, 3.05) is 20.3 Å². The van der Waals surface area contributed by atoms with Crippen LogP contribution in [0.4, 0.5) is 0 Å². The van der Waals surface area contributed by atoms with E-state index in [-0.39, 0.29) is 6.61 Å². The minimum atomic E-state index is -0.829. The molecule has 1 rings (SSSR count). The van der Waals surface area contributed by atoms with Crippen molar-refractivity contribution in [2.24, 2.45) is 5.92 Å². The van der Waals surface area contributed by atoms with Gasteiger partial charge in [-0.1, -0.05) is 12.8 Å². The predicted molar refractivity (Wildman–Crippen MR) is 53.3 cm³/mol. The summed E-state index contributed by atoms with van der Waals surface area (Å²) < 4.78 is 4.84. The van der Waals surface area contributed by atoms with Crippen LogP contribution in [0.1, 0.15) is 25.7 Å². The van der Waals surface area contributed by atoms with Gasteiger partial charge in [0, 0.05) is 7.11 Å². The summed E-state index contributed by atoms with van der Waals surface area (Å²) in [7, 11) is 1.52. The van der Waals surface area contributed by atoms with Gasteiger partial charge in [0.25, 0.3) is 0 Å². The number of nitrogens with one attached hydrogen (secondary N) is 1. The second kappa shape index (κ2) is 5.98. The third-order valence-corrected chi connectivity index (χ3v) is 2.76. The Morgan fingerprint density at radius 1 is 1.57 bits per heavy atom. The van der Waals surface area contributed by atoms with E-state index in [1.54, 1.807) is 0 Å². The lowest BCUT2D eigenvalue weighted by Gasteiger charge is -2.16. The molecule has 1 aliphatic carbocycles. The van der Waals surface area contributed by atoms with Crippen molar-refractivity contribution in [1.82, 2.24) is 5.32 Å².